The fourth-order valence-electron chi connectivity index (χ4n) is 3.38. The number of carbonyl (C=O) groups excluding carboxylic acids is 1. The van der Waals surface area contributed by atoms with Gasteiger partial charge in [-0.05, 0) is 37.9 Å². The van der Waals surface area contributed by atoms with E-state index in [0.29, 0.717) is 0 Å². The summed E-state index contributed by atoms with van der Waals surface area (Å²) in [6.07, 6.45) is 3.09. The van der Waals surface area contributed by atoms with Crippen molar-refractivity contribution in [2.24, 2.45) is 5.92 Å². The molecular formula is C17H27Cl2N3O2. The highest BCUT2D eigenvalue weighted by atomic mass is 35.5. The average Bonchev–Trinajstić information content (AvgIpc) is 3.04. The third-order valence-corrected chi connectivity index (χ3v) is 4.63. The summed E-state index contributed by atoms with van der Waals surface area (Å²) in [6, 6.07) is 8.30. The van der Waals surface area contributed by atoms with E-state index in [-0.39, 0.29) is 42.7 Å². The SMILES string of the molecule is COc1ccccc1N1CCC(NC(=O)C2CCCNC2)C1.Cl.Cl. The molecule has 0 saturated carbocycles. The normalized spacial score (nSPS) is 23.0. The number of nitrogens with zero attached hydrogens (tertiary/aromatic N) is 1. The van der Waals surface area contributed by atoms with Gasteiger partial charge in [0.25, 0.3) is 0 Å². The Hall–Kier alpha value is -1.17. The van der Waals surface area contributed by atoms with Gasteiger partial charge in [0.05, 0.1) is 18.7 Å². The van der Waals surface area contributed by atoms with Gasteiger partial charge >= 0.3 is 0 Å². The highest BCUT2D eigenvalue weighted by molar-refractivity contribution is 5.85. The van der Waals surface area contributed by atoms with Crippen LogP contribution >= 0.6 is 24.8 Å². The fraction of sp³-hybridized carbons (Fsp3) is 0.588. The smallest absolute Gasteiger partial charge is 0.224 e. The molecule has 0 radical (unpaired) electrons. The number of halogens is 2. The highest BCUT2D eigenvalue weighted by Crippen LogP contribution is 2.30. The summed E-state index contributed by atoms with van der Waals surface area (Å²) in [5.74, 6) is 1.24. The molecule has 2 aliphatic heterocycles. The van der Waals surface area contributed by atoms with E-state index in [9.17, 15) is 4.79 Å². The number of para-hydroxylation sites is 2. The molecule has 3 rings (SSSR count). The zero-order valence-electron chi connectivity index (χ0n) is 14.0. The first-order valence-electron chi connectivity index (χ1n) is 8.17. The summed E-state index contributed by atoms with van der Waals surface area (Å²) in [6.45, 7) is 3.66. The summed E-state index contributed by atoms with van der Waals surface area (Å²) >= 11 is 0. The first-order valence-corrected chi connectivity index (χ1v) is 8.17. The van der Waals surface area contributed by atoms with E-state index in [1.807, 2.05) is 18.2 Å². The van der Waals surface area contributed by atoms with Crippen molar-refractivity contribution in [2.75, 3.05) is 38.2 Å². The van der Waals surface area contributed by atoms with Gasteiger partial charge in [0.1, 0.15) is 5.75 Å². The van der Waals surface area contributed by atoms with Crippen LogP contribution < -0.4 is 20.3 Å². The van der Waals surface area contributed by atoms with Crippen LogP contribution in [0.4, 0.5) is 5.69 Å². The van der Waals surface area contributed by atoms with Crippen LogP contribution in [0.1, 0.15) is 19.3 Å². The van der Waals surface area contributed by atoms with Crippen molar-refractivity contribution >= 4 is 36.4 Å². The number of ether oxygens (including phenoxy) is 1. The monoisotopic (exact) mass is 375 g/mol. The van der Waals surface area contributed by atoms with Crippen LogP contribution in [0.25, 0.3) is 0 Å². The van der Waals surface area contributed by atoms with Crippen LogP contribution in [-0.2, 0) is 4.79 Å². The number of hydrogen-bond acceptors (Lipinski definition) is 4. The van der Waals surface area contributed by atoms with Crippen LogP contribution in [-0.4, -0.2) is 45.2 Å². The lowest BCUT2D eigenvalue weighted by atomic mass is 9.98. The van der Waals surface area contributed by atoms with Crippen molar-refractivity contribution in [2.45, 2.75) is 25.3 Å². The van der Waals surface area contributed by atoms with Crippen LogP contribution in [0.5, 0.6) is 5.75 Å². The zero-order chi connectivity index (χ0) is 15.4. The molecule has 2 saturated heterocycles. The van der Waals surface area contributed by atoms with Crippen molar-refractivity contribution < 1.29 is 9.53 Å². The molecule has 0 aromatic heterocycles. The number of hydrogen-bond donors (Lipinski definition) is 2. The van der Waals surface area contributed by atoms with E-state index in [2.05, 4.69) is 21.6 Å². The quantitative estimate of drug-likeness (QED) is 0.846. The Morgan fingerprint density at radius 3 is 2.79 bits per heavy atom. The first kappa shape index (κ1) is 20.9. The first-order chi connectivity index (χ1) is 10.8. The summed E-state index contributed by atoms with van der Waals surface area (Å²) in [4.78, 5) is 14.6. The van der Waals surface area contributed by atoms with Crippen LogP contribution in [0.3, 0.4) is 0 Å². The average molecular weight is 376 g/mol. The van der Waals surface area contributed by atoms with Gasteiger partial charge in [-0.1, -0.05) is 12.1 Å². The molecule has 2 aliphatic rings. The Bertz CT molecular complexity index is 524. The lowest BCUT2D eigenvalue weighted by Crippen LogP contribution is -2.45. The molecule has 1 amide bonds. The van der Waals surface area contributed by atoms with E-state index in [0.717, 1.165) is 56.9 Å². The van der Waals surface area contributed by atoms with Crippen LogP contribution in [0.2, 0.25) is 0 Å². The van der Waals surface area contributed by atoms with Gasteiger partial charge in [-0.15, -0.1) is 24.8 Å². The van der Waals surface area contributed by atoms with Gasteiger partial charge in [0.2, 0.25) is 5.91 Å². The van der Waals surface area contributed by atoms with E-state index >= 15 is 0 Å². The van der Waals surface area contributed by atoms with Gasteiger partial charge < -0.3 is 20.3 Å². The van der Waals surface area contributed by atoms with E-state index < -0.39 is 0 Å². The van der Waals surface area contributed by atoms with Crippen LogP contribution in [0, 0.1) is 5.92 Å². The molecule has 24 heavy (non-hydrogen) atoms. The number of piperidine rings is 1. The van der Waals surface area contributed by atoms with Crippen molar-refractivity contribution in [1.29, 1.82) is 0 Å². The van der Waals surface area contributed by atoms with Crippen LogP contribution in [0.15, 0.2) is 24.3 Å². The Morgan fingerprint density at radius 2 is 2.08 bits per heavy atom. The number of amides is 1. The largest absolute Gasteiger partial charge is 0.495 e. The van der Waals surface area contributed by atoms with Gasteiger partial charge in [0, 0.05) is 25.7 Å². The minimum atomic E-state index is 0. The third kappa shape index (κ3) is 4.91. The lowest BCUT2D eigenvalue weighted by Gasteiger charge is -2.24. The molecule has 1 aromatic rings. The molecule has 0 spiro atoms. The molecule has 7 heteroatoms. The molecule has 2 N–H and O–H groups in total. The molecule has 1 aromatic carbocycles. The Labute approximate surface area is 156 Å². The van der Waals surface area contributed by atoms with Gasteiger partial charge in [-0.3, -0.25) is 4.79 Å². The predicted octanol–water partition coefficient (Wildman–Crippen LogP) is 2.23. The zero-order valence-corrected chi connectivity index (χ0v) is 15.6. The number of methoxy groups -OCH3 is 1. The molecule has 2 unspecified atom stereocenters. The number of carbonyl (C=O) groups is 1. The Kier molecular flexibility index (Phi) is 8.67. The molecule has 2 heterocycles. The fourth-order valence-corrected chi connectivity index (χ4v) is 3.38. The second kappa shape index (κ2) is 9.97. The Balaban J connectivity index is 0.00000144. The highest BCUT2D eigenvalue weighted by Gasteiger charge is 2.28. The number of benzene rings is 1. The van der Waals surface area contributed by atoms with Crippen molar-refractivity contribution in [3.8, 4) is 5.75 Å². The number of nitrogens with one attached hydrogen (secondary N) is 2. The second-order valence-electron chi connectivity index (χ2n) is 6.16. The summed E-state index contributed by atoms with van der Waals surface area (Å²) in [7, 11) is 1.70. The summed E-state index contributed by atoms with van der Waals surface area (Å²) < 4.78 is 5.43. The van der Waals surface area contributed by atoms with E-state index in [1.165, 1.54) is 0 Å². The van der Waals surface area contributed by atoms with Gasteiger partial charge in [-0.25, -0.2) is 0 Å². The topological polar surface area (TPSA) is 53.6 Å². The minimum Gasteiger partial charge on any atom is -0.495 e. The third-order valence-electron chi connectivity index (χ3n) is 4.63. The second-order valence-corrected chi connectivity index (χ2v) is 6.16. The van der Waals surface area contributed by atoms with Crippen molar-refractivity contribution in [3.63, 3.8) is 0 Å². The molecular weight excluding hydrogens is 349 g/mol. The molecule has 136 valence electrons. The maximum absolute atomic E-state index is 12.3. The minimum absolute atomic E-state index is 0. The van der Waals surface area contributed by atoms with Gasteiger partial charge in [-0.2, -0.15) is 0 Å². The molecule has 5 nitrogen and oxygen atoms in total. The summed E-state index contributed by atoms with van der Waals surface area (Å²) in [5.41, 5.74) is 1.11. The molecule has 0 aliphatic carbocycles. The van der Waals surface area contributed by atoms with E-state index in [4.69, 9.17) is 4.74 Å². The predicted molar refractivity (Wildman–Crippen MR) is 102 cm³/mol. The number of rotatable bonds is 4. The maximum Gasteiger partial charge on any atom is 0.224 e. The van der Waals surface area contributed by atoms with Crippen molar-refractivity contribution in [1.82, 2.24) is 10.6 Å². The van der Waals surface area contributed by atoms with Crippen molar-refractivity contribution in [3.05, 3.63) is 24.3 Å². The Morgan fingerprint density at radius 1 is 1.29 bits per heavy atom. The summed E-state index contributed by atoms with van der Waals surface area (Å²) in [5, 5.41) is 6.53. The lowest BCUT2D eigenvalue weighted by molar-refractivity contribution is -0.126. The molecule has 0 bridgehead atoms. The standard InChI is InChI=1S/C17H25N3O2.2ClH/c1-22-16-7-3-2-6-15(16)20-10-8-14(12-20)19-17(21)13-5-4-9-18-11-13;;/h2-3,6-7,13-14,18H,4-5,8-12H2,1H3,(H,19,21);2*1H. The molecule has 2 fully saturated rings. The van der Waals surface area contributed by atoms with Gasteiger partial charge in [0.15, 0.2) is 0 Å². The molecule has 2 atom stereocenters. The maximum atomic E-state index is 12.3. The van der Waals surface area contributed by atoms with E-state index in [1.54, 1.807) is 7.11 Å². The number of anilines is 1.